The summed E-state index contributed by atoms with van der Waals surface area (Å²) in [5, 5.41) is 17.8. The maximum Gasteiger partial charge on any atom is 0.316 e. The minimum atomic E-state index is -0.890. The second kappa shape index (κ2) is 7.62. The van der Waals surface area contributed by atoms with Gasteiger partial charge in [0.25, 0.3) is 5.69 Å². The Morgan fingerprint density at radius 1 is 1.13 bits per heavy atom. The Hall–Kier alpha value is -3.68. The van der Waals surface area contributed by atoms with Crippen molar-refractivity contribution >= 4 is 28.8 Å². The number of non-ortho nitro benzene ring substituents is 1. The Morgan fingerprint density at radius 2 is 1.80 bits per heavy atom. The molecule has 1 heterocycles. The molecule has 0 aromatic heterocycles. The van der Waals surface area contributed by atoms with Crippen LogP contribution in [0.25, 0.3) is 0 Å². The number of fused-ring (bicyclic) bond motifs is 1. The van der Waals surface area contributed by atoms with E-state index in [2.05, 4.69) is 10.6 Å². The highest BCUT2D eigenvalue weighted by Crippen LogP contribution is 2.43. The van der Waals surface area contributed by atoms with Crippen LogP contribution in [-0.2, 0) is 14.3 Å². The SMILES string of the molecule is COC(=O)[C@H]1C(=O)C2=C(C[C@H]1C)Nc1ccccc1N[C@@H]2c1ccc([N+](=O)[O-])cc1. The van der Waals surface area contributed by atoms with Gasteiger partial charge in [0, 0.05) is 23.4 Å². The summed E-state index contributed by atoms with van der Waals surface area (Å²) in [6, 6.07) is 13.1. The monoisotopic (exact) mass is 407 g/mol. The molecule has 3 atom stereocenters. The van der Waals surface area contributed by atoms with Crippen molar-refractivity contribution in [2.45, 2.75) is 19.4 Å². The van der Waals surface area contributed by atoms with Gasteiger partial charge in [0.1, 0.15) is 5.92 Å². The molecule has 0 spiro atoms. The maximum atomic E-state index is 13.5. The molecule has 30 heavy (non-hydrogen) atoms. The van der Waals surface area contributed by atoms with E-state index in [9.17, 15) is 19.7 Å². The van der Waals surface area contributed by atoms with Crippen LogP contribution in [0.1, 0.15) is 24.9 Å². The highest BCUT2D eigenvalue weighted by Gasteiger charge is 2.44. The van der Waals surface area contributed by atoms with Gasteiger partial charge in [-0.2, -0.15) is 0 Å². The first kappa shape index (κ1) is 19.6. The van der Waals surface area contributed by atoms with E-state index in [1.54, 1.807) is 12.1 Å². The van der Waals surface area contributed by atoms with E-state index in [1.807, 2.05) is 31.2 Å². The van der Waals surface area contributed by atoms with Gasteiger partial charge in [0.2, 0.25) is 0 Å². The number of nitro groups is 1. The molecule has 1 aliphatic heterocycles. The topological polar surface area (TPSA) is 111 Å². The van der Waals surface area contributed by atoms with Crippen LogP contribution in [0.4, 0.5) is 17.1 Å². The highest BCUT2D eigenvalue weighted by molar-refractivity contribution is 6.11. The molecule has 4 rings (SSSR count). The highest BCUT2D eigenvalue weighted by atomic mass is 16.6. The van der Waals surface area contributed by atoms with Gasteiger partial charge in [-0.15, -0.1) is 0 Å². The molecule has 0 fully saturated rings. The molecule has 154 valence electrons. The molecule has 8 nitrogen and oxygen atoms in total. The lowest BCUT2D eigenvalue weighted by atomic mass is 9.75. The molecule has 0 unspecified atom stereocenters. The smallest absolute Gasteiger partial charge is 0.316 e. The lowest BCUT2D eigenvalue weighted by Crippen LogP contribution is -2.39. The number of allylic oxidation sites excluding steroid dienone is 1. The van der Waals surface area contributed by atoms with Gasteiger partial charge < -0.3 is 15.4 Å². The number of nitro benzene ring substituents is 1. The number of ketones is 1. The van der Waals surface area contributed by atoms with Crippen LogP contribution >= 0.6 is 0 Å². The zero-order valence-electron chi connectivity index (χ0n) is 16.5. The predicted molar refractivity (Wildman–Crippen MR) is 111 cm³/mol. The number of nitrogens with one attached hydrogen (secondary N) is 2. The number of benzene rings is 2. The summed E-state index contributed by atoms with van der Waals surface area (Å²) < 4.78 is 4.89. The summed E-state index contributed by atoms with van der Waals surface area (Å²) >= 11 is 0. The number of para-hydroxylation sites is 2. The number of rotatable bonds is 3. The van der Waals surface area contributed by atoms with E-state index in [0.717, 1.165) is 17.1 Å². The molecule has 0 saturated heterocycles. The van der Waals surface area contributed by atoms with Gasteiger partial charge in [0.05, 0.1) is 29.4 Å². The van der Waals surface area contributed by atoms with Gasteiger partial charge in [0.15, 0.2) is 5.78 Å². The van der Waals surface area contributed by atoms with Crippen molar-refractivity contribution in [3.63, 3.8) is 0 Å². The van der Waals surface area contributed by atoms with Crippen molar-refractivity contribution in [1.82, 2.24) is 0 Å². The third kappa shape index (κ3) is 3.30. The minimum absolute atomic E-state index is 0.0314. The minimum Gasteiger partial charge on any atom is -0.468 e. The van der Waals surface area contributed by atoms with Crippen molar-refractivity contribution in [2.24, 2.45) is 11.8 Å². The number of carbonyl (C=O) groups is 2. The fourth-order valence-corrected chi connectivity index (χ4v) is 4.17. The molecule has 0 radical (unpaired) electrons. The molecule has 0 saturated carbocycles. The average Bonchev–Trinajstić information content (AvgIpc) is 2.90. The fourth-order valence-electron chi connectivity index (χ4n) is 4.17. The van der Waals surface area contributed by atoms with Crippen LogP contribution in [0.2, 0.25) is 0 Å². The van der Waals surface area contributed by atoms with Crippen LogP contribution in [-0.4, -0.2) is 23.8 Å². The average molecular weight is 407 g/mol. The van der Waals surface area contributed by atoms with E-state index < -0.39 is 22.9 Å². The summed E-state index contributed by atoms with van der Waals surface area (Å²) in [4.78, 5) is 36.4. The summed E-state index contributed by atoms with van der Waals surface area (Å²) in [5.74, 6) is -1.96. The van der Waals surface area contributed by atoms with Crippen molar-refractivity contribution in [3.05, 3.63) is 75.5 Å². The Kier molecular flexibility index (Phi) is 4.99. The summed E-state index contributed by atoms with van der Waals surface area (Å²) in [6.07, 6.45) is 0.500. The Bertz CT molecular complexity index is 1060. The molecule has 8 heteroatoms. The van der Waals surface area contributed by atoms with E-state index in [1.165, 1.54) is 19.2 Å². The lowest BCUT2D eigenvalue weighted by Gasteiger charge is -2.32. The number of hydrogen-bond acceptors (Lipinski definition) is 7. The number of Topliss-reactive ketones (excluding diaryl/α,β-unsaturated/α-hetero) is 1. The number of ether oxygens (including phenoxy) is 1. The van der Waals surface area contributed by atoms with Crippen LogP contribution in [0.15, 0.2) is 59.8 Å². The van der Waals surface area contributed by atoms with Crippen LogP contribution < -0.4 is 10.6 Å². The van der Waals surface area contributed by atoms with Gasteiger partial charge in [-0.05, 0) is 42.2 Å². The van der Waals surface area contributed by atoms with Crippen LogP contribution in [0.5, 0.6) is 0 Å². The molecule has 2 N–H and O–H groups in total. The molecule has 2 aromatic rings. The van der Waals surface area contributed by atoms with Crippen molar-refractivity contribution in [3.8, 4) is 0 Å². The third-order valence-electron chi connectivity index (χ3n) is 5.66. The molecule has 1 aliphatic carbocycles. The maximum absolute atomic E-state index is 13.5. The lowest BCUT2D eigenvalue weighted by molar-refractivity contribution is -0.384. The van der Waals surface area contributed by atoms with Gasteiger partial charge in [-0.1, -0.05) is 19.1 Å². The quantitative estimate of drug-likeness (QED) is 0.344. The molecule has 0 bridgehead atoms. The number of nitrogens with zero attached hydrogens (tertiary/aromatic N) is 1. The Balaban J connectivity index is 1.85. The normalized spacial score (nSPS) is 22.7. The number of hydrogen-bond donors (Lipinski definition) is 2. The first-order valence-electron chi connectivity index (χ1n) is 9.62. The van der Waals surface area contributed by atoms with Gasteiger partial charge >= 0.3 is 5.97 Å². The van der Waals surface area contributed by atoms with Crippen molar-refractivity contribution in [1.29, 1.82) is 0 Å². The van der Waals surface area contributed by atoms with Gasteiger partial charge in [-0.25, -0.2) is 0 Å². The van der Waals surface area contributed by atoms with E-state index >= 15 is 0 Å². The Morgan fingerprint density at radius 3 is 2.43 bits per heavy atom. The molecule has 2 aliphatic rings. The molecular formula is C22H21N3O5. The Labute approximate surface area is 173 Å². The summed E-state index contributed by atoms with van der Waals surface area (Å²) in [5.41, 5.74) is 3.48. The van der Waals surface area contributed by atoms with E-state index in [-0.39, 0.29) is 17.4 Å². The standard InChI is InChI=1S/C22H21N3O5/c1-12-11-17-19(21(26)18(12)22(27)30-2)20(13-7-9-14(10-8-13)25(28)29)24-16-6-4-3-5-15(16)23-17/h3-10,12,18,20,23-24H,11H2,1-2H3/t12-,18-,20-/m1/s1. The van der Waals surface area contributed by atoms with E-state index in [0.29, 0.717) is 17.6 Å². The number of esters is 1. The van der Waals surface area contributed by atoms with Crippen molar-refractivity contribution in [2.75, 3.05) is 17.7 Å². The van der Waals surface area contributed by atoms with Gasteiger partial charge in [-0.3, -0.25) is 19.7 Å². The number of carbonyl (C=O) groups excluding carboxylic acids is 2. The largest absolute Gasteiger partial charge is 0.468 e. The fraction of sp³-hybridized carbons (Fsp3) is 0.273. The number of anilines is 2. The first-order chi connectivity index (χ1) is 14.4. The summed E-state index contributed by atoms with van der Waals surface area (Å²) in [7, 11) is 1.28. The first-order valence-corrected chi connectivity index (χ1v) is 9.62. The molecule has 2 aromatic carbocycles. The zero-order chi connectivity index (χ0) is 21.4. The van der Waals surface area contributed by atoms with E-state index in [4.69, 9.17) is 4.74 Å². The molecular weight excluding hydrogens is 386 g/mol. The second-order valence-corrected chi connectivity index (χ2v) is 7.54. The number of methoxy groups -OCH3 is 1. The van der Waals surface area contributed by atoms with Crippen molar-refractivity contribution < 1.29 is 19.2 Å². The second-order valence-electron chi connectivity index (χ2n) is 7.54. The zero-order valence-corrected chi connectivity index (χ0v) is 16.5. The van der Waals surface area contributed by atoms with Crippen LogP contribution in [0.3, 0.4) is 0 Å². The third-order valence-corrected chi connectivity index (χ3v) is 5.66. The molecule has 0 amide bonds. The van der Waals surface area contributed by atoms with Crippen LogP contribution in [0, 0.1) is 22.0 Å². The predicted octanol–water partition coefficient (Wildman–Crippen LogP) is 3.83. The summed E-state index contributed by atoms with van der Waals surface area (Å²) in [6.45, 7) is 1.86.